The van der Waals surface area contributed by atoms with E-state index in [1.54, 1.807) is 60.7 Å². The van der Waals surface area contributed by atoms with Crippen LogP contribution in [0.4, 0.5) is 0 Å². The average Bonchev–Trinajstić information content (AvgIpc) is 2.71. The molecule has 0 fully saturated rings. The Labute approximate surface area is 166 Å². The fourth-order valence-corrected chi connectivity index (χ4v) is 2.62. The Morgan fingerprint density at radius 3 is 1.97 bits per heavy atom. The summed E-state index contributed by atoms with van der Waals surface area (Å²) >= 11 is 0. The molecule has 3 atom stereocenters. The Morgan fingerprint density at radius 2 is 1.45 bits per heavy atom. The number of primary amides is 1. The van der Waals surface area contributed by atoms with E-state index in [0.717, 1.165) is 0 Å². The number of aliphatic hydroxyl groups is 1. The van der Waals surface area contributed by atoms with Crippen molar-refractivity contribution in [2.45, 2.75) is 24.6 Å². The second kappa shape index (κ2) is 10.00. The summed E-state index contributed by atoms with van der Waals surface area (Å²) in [5, 5.41) is 24.1. The van der Waals surface area contributed by atoms with Crippen molar-refractivity contribution >= 4 is 23.7 Å². The van der Waals surface area contributed by atoms with Crippen LogP contribution in [0.5, 0.6) is 0 Å². The molecule has 2 rings (SSSR count). The number of benzene rings is 2. The number of hydrogen-bond acceptors (Lipinski definition) is 5. The van der Waals surface area contributed by atoms with Gasteiger partial charge in [0, 0.05) is 5.56 Å². The van der Waals surface area contributed by atoms with Gasteiger partial charge in [0.15, 0.2) is 6.10 Å². The molecule has 0 aromatic heterocycles. The van der Waals surface area contributed by atoms with Crippen molar-refractivity contribution in [1.29, 1.82) is 0 Å². The third kappa shape index (κ3) is 6.15. The van der Waals surface area contributed by atoms with Gasteiger partial charge in [0.2, 0.25) is 5.91 Å². The van der Waals surface area contributed by atoms with Crippen LogP contribution < -0.4 is 16.4 Å². The lowest BCUT2D eigenvalue weighted by atomic mass is 9.99. The summed E-state index contributed by atoms with van der Waals surface area (Å²) in [7, 11) is 0. The number of aliphatic carboxylic acids is 1. The second-order valence-electron chi connectivity index (χ2n) is 6.23. The predicted molar refractivity (Wildman–Crippen MR) is 102 cm³/mol. The van der Waals surface area contributed by atoms with Crippen molar-refractivity contribution in [3.8, 4) is 0 Å². The van der Waals surface area contributed by atoms with Crippen LogP contribution in [-0.4, -0.2) is 46.0 Å². The maximum absolute atomic E-state index is 12.5. The van der Waals surface area contributed by atoms with Crippen molar-refractivity contribution in [3.63, 3.8) is 0 Å². The van der Waals surface area contributed by atoms with Crippen molar-refractivity contribution < 1.29 is 29.4 Å². The van der Waals surface area contributed by atoms with E-state index in [9.17, 15) is 24.3 Å². The molecule has 0 bridgehead atoms. The lowest BCUT2D eigenvalue weighted by Gasteiger charge is -2.25. The maximum atomic E-state index is 12.5. The number of carboxylic acid groups (broad SMARTS) is 1. The molecule has 3 amide bonds. The Hall–Kier alpha value is -3.72. The number of carbonyl (C=O) groups is 4. The van der Waals surface area contributed by atoms with Gasteiger partial charge in [0.05, 0.1) is 12.5 Å². The molecule has 0 radical (unpaired) electrons. The van der Waals surface area contributed by atoms with Crippen LogP contribution in [0.3, 0.4) is 0 Å². The molecule has 6 N–H and O–H groups in total. The molecule has 9 nitrogen and oxygen atoms in total. The van der Waals surface area contributed by atoms with E-state index in [-0.39, 0.29) is 0 Å². The number of nitrogens with one attached hydrogen (secondary N) is 2. The van der Waals surface area contributed by atoms with E-state index in [2.05, 4.69) is 10.6 Å². The molecule has 29 heavy (non-hydrogen) atoms. The number of aliphatic hydroxyl groups excluding tert-OH is 1. The van der Waals surface area contributed by atoms with Gasteiger partial charge in [0.25, 0.3) is 11.8 Å². The van der Waals surface area contributed by atoms with Gasteiger partial charge in [-0.2, -0.15) is 0 Å². The number of nitrogens with two attached hydrogens (primary N) is 1. The highest BCUT2D eigenvalue weighted by Crippen LogP contribution is 2.18. The van der Waals surface area contributed by atoms with Gasteiger partial charge >= 0.3 is 5.97 Å². The standard InChI is InChI=1S/C20H21N3O6/c21-18(27)14(11-15(24)25)22-20(29)17(26)16(12-7-3-1-4-8-12)23-19(28)13-9-5-2-6-10-13/h1-10,14,16-17,26H,11H2,(H2,21,27)(H,22,29)(H,23,28)(H,24,25)/t14-,16-,17+/m0/s1. The first-order valence-corrected chi connectivity index (χ1v) is 8.70. The first-order chi connectivity index (χ1) is 13.8. The van der Waals surface area contributed by atoms with Crippen molar-refractivity contribution in [1.82, 2.24) is 10.6 Å². The van der Waals surface area contributed by atoms with E-state index < -0.39 is 48.3 Å². The van der Waals surface area contributed by atoms with E-state index >= 15 is 0 Å². The van der Waals surface area contributed by atoms with Crippen LogP contribution >= 0.6 is 0 Å². The Kier molecular flexibility index (Phi) is 7.44. The largest absolute Gasteiger partial charge is 0.481 e. The molecule has 0 unspecified atom stereocenters. The van der Waals surface area contributed by atoms with Gasteiger partial charge in [-0.05, 0) is 17.7 Å². The van der Waals surface area contributed by atoms with Gasteiger partial charge in [-0.25, -0.2) is 0 Å². The van der Waals surface area contributed by atoms with Crippen molar-refractivity contribution in [2.75, 3.05) is 0 Å². The van der Waals surface area contributed by atoms with Crippen molar-refractivity contribution in [2.24, 2.45) is 5.73 Å². The maximum Gasteiger partial charge on any atom is 0.305 e. The monoisotopic (exact) mass is 399 g/mol. The lowest BCUT2D eigenvalue weighted by molar-refractivity contribution is -0.141. The Balaban J connectivity index is 2.23. The van der Waals surface area contributed by atoms with Crippen LogP contribution in [0.15, 0.2) is 60.7 Å². The zero-order valence-corrected chi connectivity index (χ0v) is 15.3. The molecule has 0 aliphatic heterocycles. The summed E-state index contributed by atoms with van der Waals surface area (Å²) < 4.78 is 0. The van der Waals surface area contributed by atoms with E-state index in [1.807, 2.05) is 0 Å². The molecule has 0 spiro atoms. The lowest BCUT2D eigenvalue weighted by Crippen LogP contribution is -2.52. The number of hydrogen-bond donors (Lipinski definition) is 5. The van der Waals surface area contributed by atoms with E-state index in [4.69, 9.17) is 10.8 Å². The summed E-state index contributed by atoms with van der Waals surface area (Å²) in [4.78, 5) is 47.2. The third-order valence-electron chi connectivity index (χ3n) is 4.10. The fraction of sp³-hybridized carbons (Fsp3) is 0.200. The molecule has 0 saturated carbocycles. The first kappa shape index (κ1) is 21.6. The van der Waals surface area contributed by atoms with Crippen LogP contribution in [0.25, 0.3) is 0 Å². The molecule has 2 aromatic carbocycles. The quantitative estimate of drug-likeness (QED) is 0.398. The summed E-state index contributed by atoms with van der Waals surface area (Å²) in [6.07, 6.45) is -2.54. The topological polar surface area (TPSA) is 159 Å². The smallest absolute Gasteiger partial charge is 0.305 e. The van der Waals surface area contributed by atoms with Gasteiger partial charge in [-0.15, -0.1) is 0 Å². The van der Waals surface area contributed by atoms with Gasteiger partial charge < -0.3 is 26.6 Å². The summed E-state index contributed by atoms with van der Waals surface area (Å²) in [6.45, 7) is 0. The zero-order valence-electron chi connectivity index (χ0n) is 15.3. The minimum Gasteiger partial charge on any atom is -0.481 e. The molecular weight excluding hydrogens is 378 g/mol. The Bertz CT molecular complexity index is 872. The molecule has 9 heteroatoms. The average molecular weight is 399 g/mol. The zero-order chi connectivity index (χ0) is 21.4. The minimum absolute atomic E-state index is 0.321. The summed E-state index contributed by atoms with van der Waals surface area (Å²) in [5.74, 6) is -3.97. The van der Waals surface area contributed by atoms with Crippen LogP contribution in [0.1, 0.15) is 28.4 Å². The van der Waals surface area contributed by atoms with Gasteiger partial charge in [-0.1, -0.05) is 48.5 Å². The van der Waals surface area contributed by atoms with Crippen LogP contribution in [0, 0.1) is 0 Å². The predicted octanol–water partition coefficient (Wildman–Crippen LogP) is -0.0366. The second-order valence-corrected chi connectivity index (χ2v) is 6.23. The molecule has 0 heterocycles. The highest BCUT2D eigenvalue weighted by Gasteiger charge is 2.32. The molecule has 0 aliphatic rings. The molecule has 2 aromatic rings. The minimum atomic E-state index is -1.80. The Morgan fingerprint density at radius 1 is 0.897 bits per heavy atom. The first-order valence-electron chi connectivity index (χ1n) is 8.70. The number of amides is 3. The van der Waals surface area contributed by atoms with Crippen LogP contribution in [0.2, 0.25) is 0 Å². The number of rotatable bonds is 9. The highest BCUT2D eigenvalue weighted by atomic mass is 16.4. The molecular formula is C20H21N3O6. The van der Waals surface area contributed by atoms with E-state index in [0.29, 0.717) is 11.1 Å². The van der Waals surface area contributed by atoms with Gasteiger partial charge in [0.1, 0.15) is 6.04 Å². The number of carbonyl (C=O) groups excluding carboxylic acids is 3. The van der Waals surface area contributed by atoms with Crippen molar-refractivity contribution in [3.05, 3.63) is 71.8 Å². The third-order valence-corrected chi connectivity index (χ3v) is 4.10. The summed E-state index contributed by atoms with van der Waals surface area (Å²) in [5.41, 5.74) is 5.87. The summed E-state index contributed by atoms with van der Waals surface area (Å²) in [6, 6.07) is 13.8. The molecule has 152 valence electrons. The van der Waals surface area contributed by atoms with Gasteiger partial charge in [-0.3, -0.25) is 19.2 Å². The molecule has 0 saturated heterocycles. The van der Waals surface area contributed by atoms with E-state index in [1.165, 1.54) is 0 Å². The SMILES string of the molecule is NC(=O)[C@H](CC(=O)O)NC(=O)[C@H](O)[C@@H](NC(=O)c1ccccc1)c1ccccc1. The number of carboxylic acids is 1. The fourth-order valence-electron chi connectivity index (χ4n) is 2.62. The normalized spacial score (nSPS) is 13.6. The highest BCUT2D eigenvalue weighted by molar-refractivity contribution is 5.95. The van der Waals surface area contributed by atoms with Crippen LogP contribution in [-0.2, 0) is 14.4 Å². The molecule has 0 aliphatic carbocycles.